The molecule has 1 saturated heterocycles. The summed E-state index contributed by atoms with van der Waals surface area (Å²) >= 11 is 0. The smallest absolute Gasteiger partial charge is 0.407 e. The third kappa shape index (κ3) is 4.90. The number of carbonyl (C=O) groups excluding carboxylic acids is 2. The first-order valence-corrected chi connectivity index (χ1v) is 12.2. The van der Waals surface area contributed by atoms with Crippen LogP contribution in [0.15, 0.2) is 48.5 Å². The van der Waals surface area contributed by atoms with Crippen molar-refractivity contribution >= 4 is 18.0 Å². The molecule has 186 valence electrons. The molecule has 7 heteroatoms. The molecule has 2 amide bonds. The van der Waals surface area contributed by atoms with E-state index in [1.54, 1.807) is 0 Å². The molecule has 0 aromatic heterocycles. The number of nitrogens with zero attached hydrogens (tertiary/aromatic N) is 1. The van der Waals surface area contributed by atoms with Crippen molar-refractivity contribution in [3.63, 3.8) is 0 Å². The average Bonchev–Trinajstić information content (AvgIpc) is 3.30. The highest BCUT2D eigenvalue weighted by atomic mass is 16.5. The molecule has 0 spiro atoms. The van der Waals surface area contributed by atoms with Crippen molar-refractivity contribution < 1.29 is 24.2 Å². The maximum Gasteiger partial charge on any atom is 0.407 e. The van der Waals surface area contributed by atoms with E-state index < -0.39 is 29.6 Å². The van der Waals surface area contributed by atoms with Gasteiger partial charge in [0.2, 0.25) is 5.91 Å². The van der Waals surface area contributed by atoms with E-state index in [2.05, 4.69) is 17.4 Å². The Morgan fingerprint density at radius 2 is 1.63 bits per heavy atom. The van der Waals surface area contributed by atoms with Crippen LogP contribution in [0.3, 0.4) is 0 Å². The van der Waals surface area contributed by atoms with Crippen molar-refractivity contribution in [2.24, 2.45) is 11.3 Å². The summed E-state index contributed by atoms with van der Waals surface area (Å²) in [4.78, 5) is 39.6. The Balaban J connectivity index is 1.46. The number of carboxylic acids is 1. The molecule has 1 heterocycles. The van der Waals surface area contributed by atoms with Gasteiger partial charge in [0, 0.05) is 12.5 Å². The molecule has 0 bridgehead atoms. The number of hydrogen-bond acceptors (Lipinski definition) is 4. The maximum absolute atomic E-state index is 13.4. The van der Waals surface area contributed by atoms with Crippen LogP contribution >= 0.6 is 0 Å². The van der Waals surface area contributed by atoms with Gasteiger partial charge in [-0.05, 0) is 46.4 Å². The summed E-state index contributed by atoms with van der Waals surface area (Å²) in [6.07, 6.45) is 0.317. The molecule has 1 aliphatic heterocycles. The minimum atomic E-state index is -1.02. The van der Waals surface area contributed by atoms with Gasteiger partial charge in [-0.15, -0.1) is 0 Å². The van der Waals surface area contributed by atoms with Crippen LogP contribution in [-0.2, 0) is 14.3 Å². The summed E-state index contributed by atoms with van der Waals surface area (Å²) in [5.74, 6) is -1.35. The molecular weight excluding hydrogens is 444 g/mol. The standard InChI is InChI=1S/C28H34N2O5/c1-17(2)15-23(25(31)30-14-13-28(3,4)24(30)26(32)33)29-27(34)35-16-22-20-11-7-5-9-18(20)19-10-6-8-12-21(19)22/h5-12,17,22-24H,13-16H2,1-4H3,(H,29,34)(H,32,33)/t23-,24?/m1/s1. The molecule has 0 saturated carbocycles. The quantitative estimate of drug-likeness (QED) is 0.604. The second-order valence-electron chi connectivity index (χ2n) is 10.7. The molecule has 4 rings (SSSR count). The Bertz CT molecular complexity index is 1080. The van der Waals surface area contributed by atoms with E-state index in [1.165, 1.54) is 4.90 Å². The number of carboxylic acid groups (broad SMARTS) is 1. The van der Waals surface area contributed by atoms with Crippen LogP contribution in [0.1, 0.15) is 57.6 Å². The summed E-state index contributed by atoms with van der Waals surface area (Å²) in [6.45, 7) is 8.14. The summed E-state index contributed by atoms with van der Waals surface area (Å²) in [5.41, 5.74) is 3.97. The number of nitrogens with one attached hydrogen (secondary N) is 1. The molecule has 2 aromatic carbocycles. The Morgan fingerprint density at radius 1 is 1.06 bits per heavy atom. The van der Waals surface area contributed by atoms with Crippen molar-refractivity contribution in [3.05, 3.63) is 59.7 Å². The highest BCUT2D eigenvalue weighted by Gasteiger charge is 2.48. The number of amides is 2. The Morgan fingerprint density at radius 3 is 2.17 bits per heavy atom. The molecule has 2 aliphatic rings. The summed E-state index contributed by atoms with van der Waals surface area (Å²) < 4.78 is 5.64. The SMILES string of the molecule is CC(C)C[C@@H](NC(=O)OCC1c2ccccc2-c2ccccc21)C(=O)N1CCC(C)(C)C1C(=O)O. The number of likely N-dealkylation sites (tertiary alicyclic amines) is 1. The molecule has 2 N–H and O–H groups in total. The average molecular weight is 479 g/mol. The van der Waals surface area contributed by atoms with Crippen molar-refractivity contribution in [2.75, 3.05) is 13.2 Å². The van der Waals surface area contributed by atoms with Crippen molar-refractivity contribution in [2.45, 2.75) is 58.5 Å². The third-order valence-electron chi connectivity index (χ3n) is 7.21. The number of aliphatic carboxylic acids is 1. The van der Waals surface area contributed by atoms with Crippen molar-refractivity contribution in [1.29, 1.82) is 0 Å². The van der Waals surface area contributed by atoms with E-state index >= 15 is 0 Å². The van der Waals surface area contributed by atoms with Gasteiger partial charge in [0.25, 0.3) is 0 Å². The number of ether oxygens (including phenoxy) is 1. The predicted molar refractivity (Wildman–Crippen MR) is 133 cm³/mol. The summed E-state index contributed by atoms with van der Waals surface area (Å²) in [5, 5.41) is 12.5. The molecule has 7 nitrogen and oxygen atoms in total. The second-order valence-corrected chi connectivity index (χ2v) is 10.7. The molecule has 1 unspecified atom stereocenters. The summed E-state index contributed by atoms with van der Waals surface area (Å²) in [7, 11) is 0. The highest BCUT2D eigenvalue weighted by molar-refractivity contribution is 5.90. The van der Waals surface area contributed by atoms with Gasteiger partial charge in [0.1, 0.15) is 18.7 Å². The molecule has 0 radical (unpaired) electrons. The Hall–Kier alpha value is -3.35. The number of alkyl carbamates (subject to hydrolysis) is 1. The lowest BCUT2D eigenvalue weighted by Gasteiger charge is -2.32. The van der Waals surface area contributed by atoms with Gasteiger partial charge in [-0.2, -0.15) is 0 Å². The van der Waals surface area contributed by atoms with E-state index in [0.717, 1.165) is 22.3 Å². The number of fused-ring (bicyclic) bond motifs is 3. The molecule has 1 fully saturated rings. The molecule has 1 aliphatic carbocycles. The normalized spacial score (nSPS) is 19.2. The Labute approximate surface area is 206 Å². The fraction of sp³-hybridized carbons (Fsp3) is 0.464. The van der Waals surface area contributed by atoms with E-state index in [-0.39, 0.29) is 24.3 Å². The van der Waals surface area contributed by atoms with Gasteiger partial charge in [-0.25, -0.2) is 9.59 Å². The van der Waals surface area contributed by atoms with Gasteiger partial charge in [0.15, 0.2) is 0 Å². The minimum Gasteiger partial charge on any atom is -0.480 e. The maximum atomic E-state index is 13.4. The van der Waals surface area contributed by atoms with E-state index in [0.29, 0.717) is 19.4 Å². The van der Waals surface area contributed by atoms with Crippen molar-refractivity contribution in [1.82, 2.24) is 10.2 Å². The first-order chi connectivity index (χ1) is 16.6. The molecule has 35 heavy (non-hydrogen) atoms. The van der Waals surface area contributed by atoms with Gasteiger partial charge in [-0.1, -0.05) is 76.2 Å². The van der Waals surface area contributed by atoms with Gasteiger partial charge >= 0.3 is 12.1 Å². The van der Waals surface area contributed by atoms with Crippen LogP contribution in [0, 0.1) is 11.3 Å². The zero-order valence-electron chi connectivity index (χ0n) is 20.8. The predicted octanol–water partition coefficient (Wildman–Crippen LogP) is 4.65. The van der Waals surface area contributed by atoms with E-state index in [1.807, 2.05) is 64.1 Å². The second kappa shape index (κ2) is 9.72. The molecule has 2 atom stereocenters. The van der Waals surface area contributed by atoms with Gasteiger partial charge in [0.05, 0.1) is 0 Å². The van der Waals surface area contributed by atoms with Crippen LogP contribution in [0.5, 0.6) is 0 Å². The zero-order chi connectivity index (χ0) is 25.3. The lowest BCUT2D eigenvalue weighted by atomic mass is 9.84. The van der Waals surface area contributed by atoms with Crippen LogP contribution in [-0.4, -0.2) is 53.2 Å². The topological polar surface area (TPSA) is 95.9 Å². The monoisotopic (exact) mass is 478 g/mol. The third-order valence-corrected chi connectivity index (χ3v) is 7.21. The molecular formula is C28H34N2O5. The van der Waals surface area contributed by atoms with E-state index in [9.17, 15) is 19.5 Å². The number of carbonyl (C=O) groups is 3. The first-order valence-electron chi connectivity index (χ1n) is 12.2. The summed E-state index contributed by atoms with van der Waals surface area (Å²) in [6, 6.07) is 14.4. The minimum absolute atomic E-state index is 0.0804. The van der Waals surface area contributed by atoms with Crippen molar-refractivity contribution in [3.8, 4) is 11.1 Å². The fourth-order valence-corrected chi connectivity index (χ4v) is 5.48. The number of hydrogen-bond donors (Lipinski definition) is 2. The molecule has 2 aromatic rings. The lowest BCUT2D eigenvalue weighted by molar-refractivity contribution is -0.152. The first kappa shape index (κ1) is 24.8. The largest absolute Gasteiger partial charge is 0.480 e. The Kier molecular flexibility index (Phi) is 6.88. The van der Waals surface area contributed by atoms with Gasteiger partial charge < -0.3 is 20.1 Å². The lowest BCUT2D eigenvalue weighted by Crippen LogP contribution is -2.54. The fourth-order valence-electron chi connectivity index (χ4n) is 5.48. The number of rotatable bonds is 7. The van der Waals surface area contributed by atoms with Crippen LogP contribution < -0.4 is 5.32 Å². The zero-order valence-corrected chi connectivity index (χ0v) is 20.8. The van der Waals surface area contributed by atoms with Crippen LogP contribution in [0.2, 0.25) is 0 Å². The highest BCUT2D eigenvalue weighted by Crippen LogP contribution is 2.44. The van der Waals surface area contributed by atoms with E-state index in [4.69, 9.17) is 4.74 Å². The van der Waals surface area contributed by atoms with Crippen LogP contribution in [0.4, 0.5) is 4.79 Å². The van der Waals surface area contributed by atoms with Gasteiger partial charge in [-0.3, -0.25) is 4.79 Å². The number of benzene rings is 2. The van der Waals surface area contributed by atoms with Crippen LogP contribution in [0.25, 0.3) is 11.1 Å².